The summed E-state index contributed by atoms with van der Waals surface area (Å²) >= 11 is 0. The predicted molar refractivity (Wildman–Crippen MR) is 55.6 cm³/mol. The van der Waals surface area contributed by atoms with Crippen LogP contribution in [0.25, 0.3) is 0 Å². The summed E-state index contributed by atoms with van der Waals surface area (Å²) in [5.74, 6) is 0.502. The van der Waals surface area contributed by atoms with Gasteiger partial charge in [-0.3, -0.25) is 9.84 Å². The van der Waals surface area contributed by atoms with Crippen LogP contribution in [0.3, 0.4) is 0 Å². The molecule has 1 aromatic rings. The molecule has 0 aliphatic carbocycles. The molecule has 0 fully saturated rings. The summed E-state index contributed by atoms with van der Waals surface area (Å²) in [7, 11) is -2.54. The Morgan fingerprint density at radius 2 is 2.13 bits per heavy atom. The summed E-state index contributed by atoms with van der Waals surface area (Å²) in [5, 5.41) is 10.8. The van der Waals surface area contributed by atoms with E-state index >= 15 is 0 Å². The minimum Gasteiger partial charge on any atom is -0.426 e. The molecule has 0 heterocycles. The highest BCUT2D eigenvalue weighted by Crippen LogP contribution is 2.26. The van der Waals surface area contributed by atoms with Crippen molar-refractivity contribution >= 4 is 8.25 Å². The van der Waals surface area contributed by atoms with Gasteiger partial charge in [-0.15, -0.1) is 0 Å². The molecule has 1 aromatic carbocycles. The maximum Gasteiger partial charge on any atom is 0.369 e. The number of benzene rings is 1. The number of nitrogens with zero attached hydrogens (tertiary/aromatic N) is 1. The fourth-order valence-electron chi connectivity index (χ4n) is 0.831. The molecule has 1 unspecified atom stereocenters. The van der Waals surface area contributed by atoms with Crippen LogP contribution in [0.2, 0.25) is 0 Å². The van der Waals surface area contributed by atoms with E-state index in [4.69, 9.17) is 14.3 Å². The standard InChI is InChI=1S/C9H11N2O3P/c10-6-7-11-8-13-15(12)14-9-4-2-1-3-5-9/h1-5,11,15H,7-8H2. The molecule has 0 spiro atoms. The molecule has 1 N–H and O–H groups in total. The molecule has 1 atom stereocenters. The Morgan fingerprint density at radius 3 is 2.80 bits per heavy atom. The quantitative estimate of drug-likeness (QED) is 0.345. The molecule has 0 saturated carbocycles. The minimum absolute atomic E-state index is 0.0399. The molecular weight excluding hydrogens is 215 g/mol. The number of para-hydroxylation sites is 1. The van der Waals surface area contributed by atoms with Crippen molar-refractivity contribution in [2.24, 2.45) is 0 Å². The highest BCUT2D eigenvalue weighted by atomic mass is 31.1. The van der Waals surface area contributed by atoms with E-state index in [9.17, 15) is 4.57 Å². The minimum atomic E-state index is -2.54. The second-order valence-corrected chi connectivity index (χ2v) is 3.53. The Bertz CT molecular complexity index is 350. The van der Waals surface area contributed by atoms with Crippen molar-refractivity contribution in [1.82, 2.24) is 5.32 Å². The Morgan fingerprint density at radius 1 is 1.40 bits per heavy atom. The summed E-state index contributed by atoms with van der Waals surface area (Å²) in [4.78, 5) is 0. The zero-order chi connectivity index (χ0) is 10.9. The van der Waals surface area contributed by atoms with Crippen LogP contribution in [-0.2, 0) is 9.09 Å². The Labute approximate surface area is 88.6 Å². The molecule has 0 radical (unpaired) electrons. The van der Waals surface area contributed by atoms with E-state index in [0.717, 1.165) is 0 Å². The van der Waals surface area contributed by atoms with Crippen molar-refractivity contribution in [2.75, 3.05) is 13.3 Å². The van der Waals surface area contributed by atoms with Crippen LogP contribution in [0.15, 0.2) is 30.3 Å². The van der Waals surface area contributed by atoms with Gasteiger partial charge >= 0.3 is 8.25 Å². The fraction of sp³-hybridized carbons (Fsp3) is 0.222. The van der Waals surface area contributed by atoms with Gasteiger partial charge in [0.1, 0.15) is 12.5 Å². The summed E-state index contributed by atoms with van der Waals surface area (Å²) in [6.07, 6.45) is 0. The fourth-order valence-corrected chi connectivity index (χ4v) is 1.44. The zero-order valence-electron chi connectivity index (χ0n) is 7.97. The monoisotopic (exact) mass is 226 g/mol. The number of nitrogens with one attached hydrogen (secondary N) is 1. The first-order valence-electron chi connectivity index (χ1n) is 4.30. The van der Waals surface area contributed by atoms with Gasteiger partial charge in [-0.05, 0) is 12.1 Å². The third kappa shape index (κ3) is 5.18. The predicted octanol–water partition coefficient (Wildman–Crippen LogP) is 1.54. The first-order chi connectivity index (χ1) is 7.33. The average molecular weight is 226 g/mol. The molecule has 0 bridgehead atoms. The van der Waals surface area contributed by atoms with Crippen molar-refractivity contribution in [2.45, 2.75) is 0 Å². The molecule has 0 aliphatic heterocycles. The lowest BCUT2D eigenvalue weighted by Crippen LogP contribution is -2.16. The van der Waals surface area contributed by atoms with Crippen LogP contribution in [-0.4, -0.2) is 13.3 Å². The summed E-state index contributed by atoms with van der Waals surface area (Å²) in [6, 6.07) is 10.6. The molecule has 0 amide bonds. The van der Waals surface area contributed by atoms with Crippen molar-refractivity contribution in [3.8, 4) is 11.8 Å². The molecule has 0 saturated heterocycles. The first kappa shape index (κ1) is 11.7. The van der Waals surface area contributed by atoms with Gasteiger partial charge < -0.3 is 4.52 Å². The van der Waals surface area contributed by atoms with Gasteiger partial charge in [0.15, 0.2) is 0 Å². The van der Waals surface area contributed by atoms with Crippen LogP contribution in [0.4, 0.5) is 0 Å². The van der Waals surface area contributed by atoms with Gasteiger partial charge in [-0.1, -0.05) is 18.2 Å². The Kier molecular flexibility index (Phi) is 5.49. The van der Waals surface area contributed by atoms with Crippen molar-refractivity contribution in [3.63, 3.8) is 0 Å². The van der Waals surface area contributed by atoms with Gasteiger partial charge in [0.25, 0.3) is 0 Å². The summed E-state index contributed by atoms with van der Waals surface area (Å²) < 4.78 is 21.0. The molecule has 80 valence electrons. The molecule has 1 rings (SSSR count). The van der Waals surface area contributed by atoms with Crippen LogP contribution in [0, 0.1) is 11.3 Å². The van der Waals surface area contributed by atoms with Crippen molar-refractivity contribution < 1.29 is 13.6 Å². The molecule has 6 heteroatoms. The van der Waals surface area contributed by atoms with Gasteiger partial charge in [0.05, 0.1) is 12.6 Å². The number of nitriles is 1. The topological polar surface area (TPSA) is 71.3 Å². The molecule has 0 aliphatic rings. The second-order valence-electron chi connectivity index (χ2n) is 2.54. The SMILES string of the molecule is N#CCNCO[PH](=O)Oc1ccccc1. The van der Waals surface area contributed by atoms with Gasteiger partial charge in [0.2, 0.25) is 0 Å². The highest BCUT2D eigenvalue weighted by molar-refractivity contribution is 7.33. The highest BCUT2D eigenvalue weighted by Gasteiger charge is 2.00. The van der Waals surface area contributed by atoms with E-state index in [1.165, 1.54) is 0 Å². The van der Waals surface area contributed by atoms with Gasteiger partial charge in [0, 0.05) is 0 Å². The Balaban J connectivity index is 2.22. The number of hydrogen-bond donors (Lipinski definition) is 1. The van der Waals surface area contributed by atoms with Crippen LogP contribution >= 0.6 is 8.25 Å². The lowest BCUT2D eigenvalue weighted by molar-refractivity contribution is 0.266. The van der Waals surface area contributed by atoms with Crippen LogP contribution in [0.5, 0.6) is 5.75 Å². The molecule has 0 aromatic heterocycles. The normalized spacial score (nSPS) is 11.7. The molecular formula is C9H11N2O3P. The van der Waals surface area contributed by atoms with Gasteiger partial charge in [-0.25, -0.2) is 4.57 Å². The Hall–Kier alpha value is -1.34. The van der Waals surface area contributed by atoms with E-state index in [1.54, 1.807) is 24.3 Å². The third-order valence-electron chi connectivity index (χ3n) is 1.44. The van der Waals surface area contributed by atoms with E-state index in [1.807, 2.05) is 12.1 Å². The molecule has 5 nitrogen and oxygen atoms in total. The lowest BCUT2D eigenvalue weighted by atomic mass is 10.3. The van der Waals surface area contributed by atoms with E-state index in [-0.39, 0.29) is 13.3 Å². The zero-order valence-corrected chi connectivity index (χ0v) is 8.97. The maximum atomic E-state index is 11.2. The van der Waals surface area contributed by atoms with Crippen LogP contribution < -0.4 is 9.84 Å². The maximum absolute atomic E-state index is 11.2. The van der Waals surface area contributed by atoms with Crippen molar-refractivity contribution in [3.05, 3.63) is 30.3 Å². The smallest absolute Gasteiger partial charge is 0.369 e. The van der Waals surface area contributed by atoms with E-state index in [2.05, 4.69) is 5.32 Å². The van der Waals surface area contributed by atoms with Crippen LogP contribution in [0.1, 0.15) is 0 Å². The van der Waals surface area contributed by atoms with E-state index < -0.39 is 8.25 Å². The molecule has 15 heavy (non-hydrogen) atoms. The summed E-state index contributed by atoms with van der Waals surface area (Å²) in [6.45, 7) is 0.193. The number of hydrogen-bond acceptors (Lipinski definition) is 5. The van der Waals surface area contributed by atoms with Gasteiger partial charge in [-0.2, -0.15) is 5.26 Å². The average Bonchev–Trinajstić information content (AvgIpc) is 2.26. The summed E-state index contributed by atoms with van der Waals surface area (Å²) in [5.41, 5.74) is 0. The largest absolute Gasteiger partial charge is 0.426 e. The third-order valence-corrected chi connectivity index (χ3v) is 2.22. The second kappa shape index (κ2) is 7.02. The number of rotatable bonds is 6. The van der Waals surface area contributed by atoms with Crippen molar-refractivity contribution in [1.29, 1.82) is 5.26 Å². The first-order valence-corrected chi connectivity index (χ1v) is 5.52. The van der Waals surface area contributed by atoms with E-state index in [0.29, 0.717) is 5.75 Å². The lowest BCUT2D eigenvalue weighted by Gasteiger charge is -2.05.